The number of ether oxygens (including phenoxy) is 2. The van der Waals surface area contributed by atoms with Gasteiger partial charge in [0.15, 0.2) is 0 Å². The lowest BCUT2D eigenvalue weighted by Crippen LogP contribution is -2.46. The second-order valence-electron chi connectivity index (χ2n) is 19.7. The molecule has 0 bridgehead atoms. The van der Waals surface area contributed by atoms with Crippen LogP contribution in [-0.2, 0) is 28.7 Å². The first kappa shape index (κ1) is 54.3. The Kier molecular flexibility index (Phi) is 25.7. The number of amides is 4. The van der Waals surface area contributed by atoms with Crippen molar-refractivity contribution in [3.63, 3.8) is 0 Å². The molecule has 8 heterocycles. The molecule has 8 unspecified atom stereocenters. The highest BCUT2D eigenvalue weighted by atomic mass is 32.2. The summed E-state index contributed by atoms with van der Waals surface area (Å²) in [4.78, 5) is 57.2. The number of likely N-dealkylation sites (tertiary alicyclic amines) is 4. The van der Waals surface area contributed by atoms with Gasteiger partial charge in [0.05, 0.1) is 37.4 Å². The van der Waals surface area contributed by atoms with Crippen LogP contribution in [0, 0.1) is 17.8 Å². The molecule has 8 atom stereocenters. The maximum absolute atomic E-state index is 12.3. The molecule has 8 aliphatic rings. The summed E-state index contributed by atoms with van der Waals surface area (Å²) >= 11 is 4.07. The van der Waals surface area contributed by atoms with E-state index in [9.17, 15) is 19.2 Å². The van der Waals surface area contributed by atoms with Gasteiger partial charge in [-0.1, -0.05) is 0 Å². The Bertz CT molecular complexity index is 1260. The minimum Gasteiger partial charge on any atom is -0.381 e. The van der Waals surface area contributed by atoms with Gasteiger partial charge < -0.3 is 50.3 Å². The van der Waals surface area contributed by atoms with Crippen molar-refractivity contribution < 1.29 is 28.7 Å². The predicted molar refractivity (Wildman–Crippen MR) is 266 cm³/mol. The fourth-order valence-electron chi connectivity index (χ4n) is 10.6. The number of carbonyl (C=O) groups excluding carboxylic acids is 4. The molecular weight excluding hydrogens is 861 g/mol. The number of likely N-dealkylation sites (N-methyl/N-ethyl adjacent to an activating group) is 4. The van der Waals surface area contributed by atoms with Gasteiger partial charge in [-0.15, -0.1) is 0 Å². The minimum absolute atomic E-state index is 0.0296. The molecule has 0 aromatic heterocycles. The van der Waals surface area contributed by atoms with Crippen molar-refractivity contribution in [3.8, 4) is 0 Å². The highest BCUT2D eigenvalue weighted by Gasteiger charge is 2.32. The van der Waals surface area contributed by atoms with E-state index < -0.39 is 0 Å². The summed E-state index contributed by atoms with van der Waals surface area (Å²) in [6, 6.07) is 0.192. The van der Waals surface area contributed by atoms with Crippen molar-refractivity contribution in [1.82, 2.24) is 40.9 Å². The normalized spacial score (nSPS) is 31.7. The van der Waals surface area contributed by atoms with Crippen LogP contribution < -0.4 is 21.3 Å². The molecule has 8 fully saturated rings. The maximum atomic E-state index is 12.3. The van der Waals surface area contributed by atoms with Gasteiger partial charge in [-0.25, -0.2) is 0 Å². The number of hydrogen-bond donors (Lipinski definition) is 4. The van der Waals surface area contributed by atoms with Crippen LogP contribution >= 0.6 is 23.5 Å². The SMILES string of the molecule is CNC1CCCCN(CC2CCCOC2)C1=O.CNC1CCCCN(CC2CCCS2)C1=O.CNC1CCCCN(CC2CCOC2)C1=O.CNC1CCCCN(CC2CCSC2)C1=O. The molecule has 0 aliphatic carbocycles. The van der Waals surface area contributed by atoms with Crippen molar-refractivity contribution in [2.24, 2.45) is 17.8 Å². The van der Waals surface area contributed by atoms with E-state index >= 15 is 0 Å². The topological polar surface area (TPSA) is 148 Å². The number of thioether (sulfide) groups is 2. The summed E-state index contributed by atoms with van der Waals surface area (Å²) < 4.78 is 10.9. The average Bonchev–Trinajstić information content (AvgIpc) is 4.08. The van der Waals surface area contributed by atoms with Crippen LogP contribution in [0.25, 0.3) is 0 Å². The molecule has 0 radical (unpaired) electrons. The van der Waals surface area contributed by atoms with E-state index in [1.807, 2.05) is 61.5 Å². The molecule has 0 spiro atoms. The lowest BCUT2D eigenvalue weighted by Gasteiger charge is -2.30. The Labute approximate surface area is 402 Å². The van der Waals surface area contributed by atoms with Gasteiger partial charge in [0.2, 0.25) is 23.6 Å². The Hall–Kier alpha value is -1.66. The molecule has 14 nitrogen and oxygen atoms in total. The molecule has 8 rings (SSSR count). The third-order valence-electron chi connectivity index (χ3n) is 14.7. The Morgan fingerprint density at radius 1 is 0.446 bits per heavy atom. The van der Waals surface area contributed by atoms with Gasteiger partial charge in [0.25, 0.3) is 0 Å². The van der Waals surface area contributed by atoms with Crippen LogP contribution in [0.3, 0.4) is 0 Å². The van der Waals surface area contributed by atoms with Crippen molar-refractivity contribution >= 4 is 47.2 Å². The zero-order valence-electron chi connectivity index (χ0n) is 41.0. The Morgan fingerprint density at radius 2 is 0.877 bits per heavy atom. The number of rotatable bonds is 12. The monoisotopic (exact) mass is 951 g/mol. The van der Waals surface area contributed by atoms with Crippen LogP contribution in [-0.4, -0.2) is 197 Å². The summed E-state index contributed by atoms with van der Waals surface area (Å²) in [5.74, 6) is 6.87. The molecule has 8 aliphatic heterocycles. The number of nitrogens with zero attached hydrogens (tertiary/aromatic N) is 4. The van der Waals surface area contributed by atoms with Crippen LogP contribution in [0.5, 0.6) is 0 Å². The number of carbonyl (C=O) groups is 4. The van der Waals surface area contributed by atoms with Crippen LogP contribution in [0.2, 0.25) is 0 Å². The maximum Gasteiger partial charge on any atom is 0.239 e. The highest BCUT2D eigenvalue weighted by Crippen LogP contribution is 2.28. The fraction of sp³-hybridized carbons (Fsp3) is 0.918. The summed E-state index contributed by atoms with van der Waals surface area (Å²) in [5.41, 5.74) is 0. The van der Waals surface area contributed by atoms with Gasteiger partial charge in [-0.2, -0.15) is 23.5 Å². The zero-order valence-corrected chi connectivity index (χ0v) is 42.6. The van der Waals surface area contributed by atoms with Crippen molar-refractivity contribution in [2.75, 3.05) is 124 Å². The minimum atomic E-state index is 0.0296. The molecule has 4 N–H and O–H groups in total. The molecule has 0 aromatic carbocycles. The molecule has 8 saturated heterocycles. The first-order valence-electron chi connectivity index (χ1n) is 25.9. The third-order valence-corrected chi connectivity index (χ3v) is 17.3. The molecule has 0 saturated carbocycles. The van der Waals surface area contributed by atoms with Gasteiger partial charge in [-0.3, -0.25) is 19.2 Å². The Balaban J connectivity index is 0.000000163. The lowest BCUT2D eigenvalue weighted by atomic mass is 10.0. The standard InChI is InChI=1S/C13H24N2O2.C12H22N2O2.2C12H22N2OS/c1-14-12-6-2-3-7-15(13(12)16)9-11-5-4-8-17-10-11;1-13-11-4-2-3-6-14(12(11)15)8-10-5-7-16-9-10;1-13-11-6-2-3-7-14(12(11)15)9-10-5-4-8-16-10;1-13-11-4-2-3-6-14(12(11)15)8-10-5-7-16-9-10/h11-12,14H,2-10H2,1H3;3*10-11,13H,2-9H2,1H3. The highest BCUT2D eigenvalue weighted by molar-refractivity contribution is 8.00. The van der Waals surface area contributed by atoms with Gasteiger partial charge >= 0.3 is 0 Å². The second kappa shape index (κ2) is 30.7. The number of hydrogen-bond acceptors (Lipinski definition) is 12. The third kappa shape index (κ3) is 18.3. The summed E-state index contributed by atoms with van der Waals surface area (Å²) in [6.45, 7) is 10.9. The largest absolute Gasteiger partial charge is 0.381 e. The molecule has 4 amide bonds. The lowest BCUT2D eigenvalue weighted by molar-refractivity contribution is -0.134. The van der Waals surface area contributed by atoms with Crippen LogP contribution in [0.4, 0.5) is 0 Å². The van der Waals surface area contributed by atoms with Crippen LogP contribution in [0.15, 0.2) is 0 Å². The van der Waals surface area contributed by atoms with E-state index in [0.29, 0.717) is 28.9 Å². The first-order valence-corrected chi connectivity index (χ1v) is 28.1. The smallest absolute Gasteiger partial charge is 0.239 e. The van der Waals surface area contributed by atoms with Gasteiger partial charge in [0.1, 0.15) is 0 Å². The van der Waals surface area contributed by atoms with Crippen molar-refractivity contribution in [2.45, 2.75) is 145 Å². The van der Waals surface area contributed by atoms with Gasteiger partial charge in [0, 0.05) is 76.7 Å². The first-order chi connectivity index (χ1) is 31.7. The van der Waals surface area contributed by atoms with E-state index in [2.05, 4.69) is 31.1 Å². The van der Waals surface area contributed by atoms with Crippen LogP contribution in [0.1, 0.15) is 116 Å². The zero-order chi connectivity index (χ0) is 46.2. The molecular formula is C49H90N8O6S2. The van der Waals surface area contributed by atoms with Crippen molar-refractivity contribution in [3.05, 3.63) is 0 Å². The summed E-state index contributed by atoms with van der Waals surface area (Å²) in [5, 5.41) is 13.3. The van der Waals surface area contributed by atoms with E-state index in [0.717, 1.165) is 149 Å². The van der Waals surface area contributed by atoms with E-state index in [4.69, 9.17) is 9.47 Å². The molecule has 16 heteroatoms. The Morgan fingerprint density at radius 3 is 1.25 bits per heavy atom. The molecule has 0 aromatic rings. The van der Waals surface area contributed by atoms with E-state index in [1.54, 1.807) is 0 Å². The fourth-order valence-corrected chi connectivity index (χ4v) is 13.1. The number of nitrogens with one attached hydrogen (secondary N) is 4. The molecule has 374 valence electrons. The van der Waals surface area contributed by atoms with E-state index in [-0.39, 0.29) is 36.0 Å². The summed E-state index contributed by atoms with van der Waals surface area (Å²) in [6.07, 6.45) is 20.6. The molecule has 65 heavy (non-hydrogen) atoms. The average molecular weight is 951 g/mol. The quantitative estimate of drug-likeness (QED) is 0.219. The van der Waals surface area contributed by atoms with Crippen molar-refractivity contribution in [1.29, 1.82) is 0 Å². The summed E-state index contributed by atoms with van der Waals surface area (Å²) in [7, 11) is 7.56. The second-order valence-corrected chi connectivity index (χ2v) is 22.2. The predicted octanol–water partition coefficient (Wildman–Crippen LogP) is 4.46. The van der Waals surface area contributed by atoms with Gasteiger partial charge in [-0.05, 0) is 173 Å². The van der Waals surface area contributed by atoms with E-state index in [1.165, 1.54) is 68.6 Å².